The van der Waals surface area contributed by atoms with Crippen LogP contribution in [0.1, 0.15) is 86.8 Å². The highest BCUT2D eigenvalue weighted by Crippen LogP contribution is 2.47. The molecule has 48 heavy (non-hydrogen) atoms. The van der Waals surface area contributed by atoms with Gasteiger partial charge < -0.3 is 24.8 Å². The molecule has 2 amide bonds. The molecule has 0 unspecified atom stereocenters. The van der Waals surface area contributed by atoms with Gasteiger partial charge in [0, 0.05) is 12.6 Å². The predicted molar refractivity (Wildman–Crippen MR) is 157 cm³/mol. The minimum atomic E-state index is -4.92. The zero-order chi connectivity index (χ0) is 34.8. The van der Waals surface area contributed by atoms with E-state index in [0.717, 1.165) is 45.6 Å². The summed E-state index contributed by atoms with van der Waals surface area (Å²) in [5.74, 6) is -4.20. The van der Waals surface area contributed by atoms with Crippen molar-refractivity contribution in [2.24, 2.45) is 0 Å². The van der Waals surface area contributed by atoms with E-state index in [-0.39, 0.29) is 23.5 Å². The second kappa shape index (κ2) is 11.5. The minimum absolute atomic E-state index is 0.173. The van der Waals surface area contributed by atoms with Gasteiger partial charge in [-0.15, -0.1) is 0 Å². The Labute approximate surface area is 269 Å². The SMILES string of the molecule is Cc1c(C(=O)OC(C)(C)C)ccc2c1CC[C@@H]2NC(=O)c1cc(C(=O)NCc2ccc3c(c2)OC(F)(F)C(F)(F)O3)nc2c(F)cnn12. The van der Waals surface area contributed by atoms with Crippen LogP contribution in [0, 0.1) is 12.7 Å². The molecule has 0 bridgehead atoms. The number of nitrogens with zero attached hydrogens (tertiary/aromatic N) is 3. The van der Waals surface area contributed by atoms with Crippen molar-refractivity contribution in [2.45, 2.75) is 70.9 Å². The fourth-order valence-corrected chi connectivity index (χ4v) is 5.53. The highest BCUT2D eigenvalue weighted by Gasteiger charge is 2.65. The number of nitrogens with one attached hydrogen (secondary N) is 2. The molecule has 0 radical (unpaired) electrons. The Balaban J connectivity index is 1.20. The number of aromatic nitrogens is 3. The van der Waals surface area contributed by atoms with Crippen LogP contribution >= 0.6 is 0 Å². The lowest BCUT2D eigenvalue weighted by Crippen LogP contribution is -2.52. The maximum absolute atomic E-state index is 14.6. The van der Waals surface area contributed by atoms with Crippen LogP contribution in [0.25, 0.3) is 5.65 Å². The second-order valence-corrected chi connectivity index (χ2v) is 12.3. The van der Waals surface area contributed by atoms with Crippen LogP contribution in [0.5, 0.6) is 11.5 Å². The van der Waals surface area contributed by atoms with Crippen LogP contribution in [-0.2, 0) is 17.7 Å². The molecule has 2 aliphatic rings. The van der Waals surface area contributed by atoms with E-state index in [4.69, 9.17) is 4.74 Å². The number of hydrogen-bond donors (Lipinski definition) is 2. The van der Waals surface area contributed by atoms with Gasteiger partial charge in [-0.3, -0.25) is 9.59 Å². The summed E-state index contributed by atoms with van der Waals surface area (Å²) < 4.78 is 83.4. The zero-order valence-electron chi connectivity index (χ0n) is 25.9. The van der Waals surface area contributed by atoms with Gasteiger partial charge in [-0.05, 0) is 81.0 Å². The summed E-state index contributed by atoms with van der Waals surface area (Å²) in [7, 11) is 0. The number of benzene rings is 2. The van der Waals surface area contributed by atoms with Crippen molar-refractivity contribution < 1.29 is 50.5 Å². The Morgan fingerprint density at radius 3 is 2.44 bits per heavy atom. The molecule has 11 nitrogen and oxygen atoms in total. The first kappa shape index (κ1) is 32.7. The van der Waals surface area contributed by atoms with Crippen LogP contribution in [0.3, 0.4) is 0 Å². The molecule has 2 aromatic heterocycles. The van der Waals surface area contributed by atoms with Gasteiger partial charge in [0.05, 0.1) is 17.8 Å². The van der Waals surface area contributed by atoms with Gasteiger partial charge in [-0.1, -0.05) is 12.1 Å². The molecule has 3 heterocycles. The zero-order valence-corrected chi connectivity index (χ0v) is 25.9. The fraction of sp³-hybridized carbons (Fsp3) is 0.344. The Bertz CT molecular complexity index is 1990. The number of esters is 1. The molecule has 1 aliphatic heterocycles. The van der Waals surface area contributed by atoms with Crippen molar-refractivity contribution >= 4 is 23.4 Å². The van der Waals surface area contributed by atoms with Crippen molar-refractivity contribution in [3.8, 4) is 11.5 Å². The maximum atomic E-state index is 14.6. The van der Waals surface area contributed by atoms with Crippen molar-refractivity contribution in [1.82, 2.24) is 25.2 Å². The molecule has 2 N–H and O–H groups in total. The van der Waals surface area contributed by atoms with Gasteiger partial charge in [-0.25, -0.2) is 18.7 Å². The first-order chi connectivity index (χ1) is 22.4. The number of amides is 2. The van der Waals surface area contributed by atoms with Crippen LogP contribution in [0.4, 0.5) is 22.0 Å². The number of carbonyl (C=O) groups is 3. The quantitative estimate of drug-likeness (QED) is 0.205. The van der Waals surface area contributed by atoms with Crippen LogP contribution in [0.2, 0.25) is 0 Å². The summed E-state index contributed by atoms with van der Waals surface area (Å²) in [6.07, 6.45) is -7.89. The molecule has 6 rings (SSSR count). The van der Waals surface area contributed by atoms with Gasteiger partial charge in [0.25, 0.3) is 11.8 Å². The highest BCUT2D eigenvalue weighted by molar-refractivity contribution is 5.98. The van der Waals surface area contributed by atoms with Gasteiger partial charge in [0.15, 0.2) is 23.0 Å². The van der Waals surface area contributed by atoms with E-state index >= 15 is 0 Å². The van der Waals surface area contributed by atoms with E-state index in [1.807, 2.05) is 6.92 Å². The topological polar surface area (TPSA) is 133 Å². The average molecular weight is 674 g/mol. The second-order valence-electron chi connectivity index (χ2n) is 12.3. The number of halogens is 5. The number of fused-ring (bicyclic) bond motifs is 3. The van der Waals surface area contributed by atoms with E-state index in [9.17, 15) is 36.3 Å². The third-order valence-corrected chi connectivity index (χ3v) is 7.79. The maximum Gasteiger partial charge on any atom is 0.507 e. The molecular formula is C32H28F5N5O6. The third kappa shape index (κ3) is 5.97. The molecular weight excluding hydrogens is 645 g/mol. The van der Waals surface area contributed by atoms with Crippen molar-refractivity contribution in [3.63, 3.8) is 0 Å². The smallest absolute Gasteiger partial charge is 0.456 e. The van der Waals surface area contributed by atoms with Crippen molar-refractivity contribution in [3.05, 3.63) is 87.6 Å². The summed E-state index contributed by atoms with van der Waals surface area (Å²) in [4.78, 5) is 43.4. The molecule has 252 valence electrons. The van der Waals surface area contributed by atoms with Crippen molar-refractivity contribution in [2.75, 3.05) is 0 Å². The lowest BCUT2D eigenvalue weighted by molar-refractivity contribution is -0.391. The summed E-state index contributed by atoms with van der Waals surface area (Å²) in [6.45, 7) is 6.82. The molecule has 1 atom stereocenters. The molecule has 2 aromatic carbocycles. The Morgan fingerprint density at radius 2 is 1.73 bits per heavy atom. The van der Waals surface area contributed by atoms with Crippen LogP contribution in [0.15, 0.2) is 42.6 Å². The van der Waals surface area contributed by atoms with Gasteiger partial charge in [0.1, 0.15) is 17.0 Å². The van der Waals surface area contributed by atoms with E-state index in [0.29, 0.717) is 18.4 Å². The minimum Gasteiger partial charge on any atom is -0.456 e. The molecule has 0 fully saturated rings. The third-order valence-electron chi connectivity index (χ3n) is 7.79. The molecule has 1 aliphatic carbocycles. The van der Waals surface area contributed by atoms with Crippen molar-refractivity contribution in [1.29, 1.82) is 0 Å². The lowest BCUT2D eigenvalue weighted by atomic mass is 9.97. The van der Waals surface area contributed by atoms with Gasteiger partial charge >= 0.3 is 18.2 Å². The number of carbonyl (C=O) groups excluding carboxylic acids is 3. The predicted octanol–water partition coefficient (Wildman–Crippen LogP) is 5.44. The molecule has 4 aromatic rings. The molecule has 0 saturated heterocycles. The summed E-state index contributed by atoms with van der Waals surface area (Å²) in [5.41, 5.74) is 1.38. The number of alkyl halides is 4. The largest absolute Gasteiger partial charge is 0.507 e. The Morgan fingerprint density at radius 1 is 1.02 bits per heavy atom. The number of ether oxygens (including phenoxy) is 3. The number of rotatable bonds is 6. The van der Waals surface area contributed by atoms with E-state index < -0.39 is 64.6 Å². The van der Waals surface area contributed by atoms with Gasteiger partial charge in [-0.2, -0.15) is 22.7 Å². The average Bonchev–Trinajstić information content (AvgIpc) is 3.58. The Kier molecular flexibility index (Phi) is 7.79. The van der Waals surface area contributed by atoms with Crippen LogP contribution < -0.4 is 20.1 Å². The fourth-order valence-electron chi connectivity index (χ4n) is 5.53. The molecule has 16 heteroatoms. The monoisotopic (exact) mass is 673 g/mol. The van der Waals surface area contributed by atoms with E-state index in [2.05, 4.69) is 30.2 Å². The summed E-state index contributed by atoms with van der Waals surface area (Å²) >= 11 is 0. The first-order valence-corrected chi connectivity index (χ1v) is 14.7. The van der Waals surface area contributed by atoms with Gasteiger partial charge in [0.2, 0.25) is 0 Å². The van der Waals surface area contributed by atoms with E-state index in [1.165, 1.54) is 6.07 Å². The summed E-state index contributed by atoms with van der Waals surface area (Å²) in [5, 5.41) is 9.25. The first-order valence-electron chi connectivity index (χ1n) is 14.7. The number of hydrogen-bond acceptors (Lipinski definition) is 8. The molecule has 0 spiro atoms. The van der Waals surface area contributed by atoms with Crippen LogP contribution in [-0.4, -0.2) is 50.2 Å². The molecule has 0 saturated carbocycles. The normalized spacial score (nSPS) is 17.5. The lowest BCUT2D eigenvalue weighted by Gasteiger charge is -2.31. The standard InChI is InChI=1S/C32H28F5N5O6/c1-15-17-8-9-21(19(17)7-6-18(15)29(45)48-30(2,3)4)41-28(44)23-12-22(40-26-20(33)14-39-42(23)26)27(43)38-13-16-5-10-24-25(11-16)47-32(36,37)31(34,35)46-24/h5-7,10-12,14,21H,8-9,13H2,1-4H3,(H,38,43)(H,41,44)/t21-/m0/s1. The summed E-state index contributed by atoms with van der Waals surface area (Å²) in [6, 6.07) is 7.25. The Hall–Kier alpha value is -5.28. The van der Waals surface area contributed by atoms with E-state index in [1.54, 1.807) is 32.9 Å². The highest BCUT2D eigenvalue weighted by atomic mass is 19.3.